The number of aromatic nitrogens is 4. The molecule has 130 valence electrons. The molecule has 1 aromatic carbocycles. The van der Waals surface area contributed by atoms with E-state index >= 15 is 0 Å². The number of ether oxygens (including phenoxy) is 1. The van der Waals surface area contributed by atoms with Gasteiger partial charge in [0.2, 0.25) is 0 Å². The molecule has 2 aliphatic heterocycles. The maximum atomic E-state index is 12.8. The molecule has 6 nitrogen and oxygen atoms in total. The van der Waals surface area contributed by atoms with E-state index in [0.717, 1.165) is 30.5 Å². The minimum atomic E-state index is -0.226. The molecule has 0 unspecified atom stereocenters. The van der Waals surface area contributed by atoms with Crippen LogP contribution in [0, 0.1) is 0 Å². The van der Waals surface area contributed by atoms with Gasteiger partial charge in [-0.25, -0.2) is 4.98 Å². The van der Waals surface area contributed by atoms with E-state index in [0.29, 0.717) is 29.0 Å². The van der Waals surface area contributed by atoms with Crippen molar-refractivity contribution in [3.63, 3.8) is 0 Å². The van der Waals surface area contributed by atoms with Gasteiger partial charge in [0.1, 0.15) is 11.3 Å². The number of fused-ring (bicyclic) bond motifs is 1. The van der Waals surface area contributed by atoms with Crippen molar-refractivity contribution in [3.8, 4) is 28.5 Å². The number of H-pyrrole nitrogens is 1. The van der Waals surface area contributed by atoms with E-state index < -0.39 is 0 Å². The summed E-state index contributed by atoms with van der Waals surface area (Å²) in [6.07, 6.45) is 5.42. The Bertz CT molecular complexity index is 922. The van der Waals surface area contributed by atoms with Crippen molar-refractivity contribution in [1.29, 1.82) is 0 Å². The molecule has 0 saturated heterocycles. The number of hydrogen-bond donors (Lipinski definition) is 1. The van der Waals surface area contributed by atoms with Gasteiger partial charge in [0.15, 0.2) is 11.6 Å². The second kappa shape index (κ2) is 6.35. The number of benzene rings is 1. The van der Waals surface area contributed by atoms with E-state index in [1.54, 1.807) is 7.11 Å². The molecule has 0 atom stereocenters. The fourth-order valence-corrected chi connectivity index (χ4v) is 3.75. The summed E-state index contributed by atoms with van der Waals surface area (Å²) >= 11 is 0. The third-order valence-electron chi connectivity index (χ3n) is 5.03. The first-order valence-corrected chi connectivity index (χ1v) is 8.87. The second-order valence-electron chi connectivity index (χ2n) is 6.50. The van der Waals surface area contributed by atoms with E-state index in [1.807, 2.05) is 31.2 Å². The van der Waals surface area contributed by atoms with Crippen LogP contribution in [0.3, 0.4) is 0 Å². The Morgan fingerprint density at radius 2 is 2.00 bits per heavy atom. The van der Waals surface area contributed by atoms with Gasteiger partial charge in [-0.05, 0) is 31.4 Å². The molecule has 6 heteroatoms. The molecule has 0 amide bonds. The highest BCUT2D eigenvalue weighted by atomic mass is 16.5. The van der Waals surface area contributed by atoms with Crippen LogP contribution in [0.25, 0.3) is 22.8 Å². The molecule has 0 bridgehead atoms. The lowest BCUT2D eigenvalue weighted by molar-refractivity contribution is 0.416. The lowest BCUT2D eigenvalue weighted by Crippen LogP contribution is -2.17. The molecule has 4 rings (SSSR count). The summed E-state index contributed by atoms with van der Waals surface area (Å²) in [5, 5.41) is 3.41. The molecule has 0 spiro atoms. The summed E-state index contributed by atoms with van der Waals surface area (Å²) in [6.45, 7) is 2.04. The Labute approximate surface area is 146 Å². The minimum Gasteiger partial charge on any atom is -0.496 e. The Morgan fingerprint density at radius 3 is 2.72 bits per heavy atom. The van der Waals surface area contributed by atoms with E-state index in [2.05, 4.69) is 14.8 Å². The molecule has 1 aliphatic carbocycles. The van der Waals surface area contributed by atoms with Crippen LogP contribution in [-0.4, -0.2) is 26.9 Å². The summed E-state index contributed by atoms with van der Waals surface area (Å²) < 4.78 is 7.50. The minimum absolute atomic E-state index is 0.226. The molecule has 3 aliphatic rings. The number of nitrogens with one attached hydrogen (secondary N) is 1. The first-order valence-electron chi connectivity index (χ1n) is 8.87. The fourth-order valence-electron chi connectivity index (χ4n) is 3.75. The monoisotopic (exact) mass is 338 g/mol. The number of rotatable bonds is 4. The molecular weight excluding hydrogens is 316 g/mol. The van der Waals surface area contributed by atoms with Crippen LogP contribution in [0.5, 0.6) is 5.75 Å². The topological polar surface area (TPSA) is 72.8 Å². The number of aryl methyl sites for hydroxylation is 1. The van der Waals surface area contributed by atoms with E-state index in [-0.39, 0.29) is 5.56 Å². The second-order valence-corrected chi connectivity index (χ2v) is 6.50. The van der Waals surface area contributed by atoms with Gasteiger partial charge in [-0.15, -0.1) is 0 Å². The zero-order chi connectivity index (χ0) is 17.4. The third-order valence-corrected chi connectivity index (χ3v) is 5.03. The summed E-state index contributed by atoms with van der Waals surface area (Å²) in [4.78, 5) is 21.8. The van der Waals surface area contributed by atoms with Crippen LogP contribution in [-0.2, 0) is 6.42 Å². The molecule has 1 aromatic rings. The van der Waals surface area contributed by atoms with E-state index in [1.165, 1.54) is 12.8 Å². The third kappa shape index (κ3) is 2.62. The van der Waals surface area contributed by atoms with Crippen molar-refractivity contribution in [2.45, 2.75) is 45.1 Å². The standard InChI is InChI=1S/C19H22N4O2/c1-3-14-16-18(23(22-14)12-8-4-5-9-12)20-17(21-19(16)24)13-10-6-7-11-15(13)25-2/h6-7,10-12,22H,3-5,8-9H2,1-2H3. The molecule has 0 aromatic heterocycles. The predicted molar refractivity (Wildman–Crippen MR) is 96.1 cm³/mol. The van der Waals surface area contributed by atoms with Gasteiger partial charge in [-0.2, -0.15) is 4.98 Å². The van der Waals surface area contributed by atoms with Crippen LogP contribution in [0.15, 0.2) is 29.1 Å². The lowest BCUT2D eigenvalue weighted by atomic mass is 10.1. The zero-order valence-electron chi connectivity index (χ0n) is 14.6. The van der Waals surface area contributed by atoms with Gasteiger partial charge in [0.05, 0.1) is 18.7 Å². The Balaban J connectivity index is 1.94. The first-order chi connectivity index (χ1) is 12.2. The number of nitrogens with zero attached hydrogens (tertiary/aromatic N) is 3. The fraction of sp³-hybridized carbons (Fsp3) is 0.421. The summed E-state index contributed by atoms with van der Waals surface area (Å²) in [5.74, 6) is 1.80. The molecule has 2 heterocycles. The van der Waals surface area contributed by atoms with Crippen molar-refractivity contribution in [2.75, 3.05) is 7.11 Å². The summed E-state index contributed by atoms with van der Waals surface area (Å²) in [5.41, 5.74) is 2.04. The van der Waals surface area contributed by atoms with Gasteiger partial charge in [0.25, 0.3) is 5.56 Å². The van der Waals surface area contributed by atoms with E-state index in [4.69, 9.17) is 9.72 Å². The van der Waals surface area contributed by atoms with Crippen LogP contribution in [0.2, 0.25) is 0 Å². The highest BCUT2D eigenvalue weighted by Crippen LogP contribution is 2.35. The summed E-state index contributed by atoms with van der Waals surface area (Å²) in [6, 6.07) is 7.90. The molecule has 25 heavy (non-hydrogen) atoms. The van der Waals surface area contributed by atoms with Gasteiger partial charge < -0.3 is 4.74 Å². The van der Waals surface area contributed by atoms with Gasteiger partial charge >= 0.3 is 0 Å². The highest BCUT2D eigenvalue weighted by molar-refractivity contribution is 5.68. The number of aromatic amines is 1. The average Bonchev–Trinajstić information content (AvgIpc) is 3.29. The van der Waals surface area contributed by atoms with Gasteiger partial charge in [0, 0.05) is 5.69 Å². The Morgan fingerprint density at radius 1 is 1.24 bits per heavy atom. The van der Waals surface area contributed by atoms with Crippen molar-refractivity contribution in [3.05, 3.63) is 40.3 Å². The van der Waals surface area contributed by atoms with Crippen molar-refractivity contribution < 1.29 is 4.74 Å². The smallest absolute Gasteiger partial charge is 0.284 e. The molecule has 0 radical (unpaired) electrons. The SMILES string of the molecule is CCc1[nH]n(C2CCCC2)c2nc(-c3ccccc3OC)nc(=O)c1-2. The van der Waals surface area contributed by atoms with E-state index in [9.17, 15) is 4.79 Å². The maximum Gasteiger partial charge on any atom is 0.284 e. The molecule has 1 saturated carbocycles. The number of para-hydroxylation sites is 1. The maximum absolute atomic E-state index is 12.8. The highest BCUT2D eigenvalue weighted by Gasteiger charge is 2.28. The van der Waals surface area contributed by atoms with Gasteiger partial charge in [-0.1, -0.05) is 31.9 Å². The molecular formula is C19H22N4O2. The van der Waals surface area contributed by atoms with Gasteiger partial charge in [-0.3, -0.25) is 14.6 Å². The van der Waals surface area contributed by atoms with Crippen molar-refractivity contribution in [1.82, 2.24) is 19.7 Å². The largest absolute Gasteiger partial charge is 0.496 e. The van der Waals surface area contributed by atoms with Crippen molar-refractivity contribution >= 4 is 0 Å². The molecule has 1 N–H and O–H groups in total. The zero-order valence-corrected chi connectivity index (χ0v) is 14.6. The summed E-state index contributed by atoms with van der Waals surface area (Å²) in [7, 11) is 1.61. The quantitative estimate of drug-likeness (QED) is 0.791. The van der Waals surface area contributed by atoms with Crippen molar-refractivity contribution in [2.24, 2.45) is 0 Å². The lowest BCUT2D eigenvalue weighted by Gasteiger charge is -2.14. The van der Waals surface area contributed by atoms with Crippen LogP contribution < -0.4 is 10.3 Å². The van der Waals surface area contributed by atoms with Crippen LogP contribution >= 0.6 is 0 Å². The Hall–Kier alpha value is -2.63. The number of methoxy groups -OCH3 is 1. The number of hydrogen-bond acceptors (Lipinski definition) is 4. The predicted octanol–water partition coefficient (Wildman–Crippen LogP) is 3.42. The Kier molecular flexibility index (Phi) is 4.03. The van der Waals surface area contributed by atoms with Crippen LogP contribution in [0.1, 0.15) is 44.3 Å². The first kappa shape index (κ1) is 15.9. The van der Waals surface area contributed by atoms with Crippen LogP contribution in [0.4, 0.5) is 0 Å². The normalized spacial score (nSPS) is 15.1. The average molecular weight is 338 g/mol. The molecule has 1 fully saturated rings.